The van der Waals surface area contributed by atoms with Gasteiger partial charge in [-0.1, -0.05) is 6.42 Å². The number of benzene rings is 1. The molecule has 0 saturated heterocycles. The smallest absolute Gasteiger partial charge is 0.252 e. The fourth-order valence-corrected chi connectivity index (χ4v) is 2.89. The maximum atomic E-state index is 12.0. The van der Waals surface area contributed by atoms with Crippen molar-refractivity contribution in [2.45, 2.75) is 30.3 Å². The zero-order valence-electron chi connectivity index (χ0n) is 9.90. The molecule has 1 amide bonds. The fourth-order valence-electron chi connectivity index (χ4n) is 2.26. The van der Waals surface area contributed by atoms with E-state index in [-0.39, 0.29) is 17.9 Å². The fraction of sp³-hybridized carbons (Fsp3) is 0.462. The topological polar surface area (TPSA) is 49.3 Å². The minimum absolute atomic E-state index is 0.128. The highest BCUT2D eigenvalue weighted by Crippen LogP contribution is 2.25. The Morgan fingerprint density at radius 3 is 2.94 bits per heavy atom. The first kappa shape index (κ1) is 13.9. The van der Waals surface area contributed by atoms with Gasteiger partial charge < -0.3 is 10.4 Å². The number of hydrogen-bond donors (Lipinski definition) is 3. The van der Waals surface area contributed by atoms with E-state index in [1.54, 1.807) is 6.07 Å². The van der Waals surface area contributed by atoms with Crippen LogP contribution in [0.2, 0.25) is 0 Å². The SMILES string of the molecule is O=C(NCC1CCCC1O)c1cc(S)ccc1Br. The second-order valence-electron chi connectivity index (χ2n) is 4.63. The Morgan fingerprint density at radius 1 is 1.50 bits per heavy atom. The van der Waals surface area contributed by atoms with Crippen LogP contribution in [0.4, 0.5) is 0 Å². The highest BCUT2D eigenvalue weighted by Gasteiger charge is 2.25. The number of thiol groups is 1. The minimum Gasteiger partial charge on any atom is -0.393 e. The zero-order chi connectivity index (χ0) is 13.1. The molecule has 2 atom stereocenters. The molecule has 98 valence electrons. The van der Waals surface area contributed by atoms with Crippen molar-refractivity contribution >= 4 is 34.5 Å². The summed E-state index contributed by atoms with van der Waals surface area (Å²) in [4.78, 5) is 12.8. The van der Waals surface area contributed by atoms with E-state index in [1.807, 2.05) is 12.1 Å². The number of halogens is 1. The monoisotopic (exact) mass is 329 g/mol. The molecule has 1 fully saturated rings. The molecule has 0 aliphatic heterocycles. The van der Waals surface area contributed by atoms with Crippen LogP contribution in [0.15, 0.2) is 27.6 Å². The summed E-state index contributed by atoms with van der Waals surface area (Å²) in [5.41, 5.74) is 0.579. The predicted octanol–water partition coefficient (Wildman–Crippen LogP) is 2.63. The maximum absolute atomic E-state index is 12.0. The van der Waals surface area contributed by atoms with Crippen LogP contribution in [-0.2, 0) is 0 Å². The van der Waals surface area contributed by atoms with Gasteiger partial charge in [-0.2, -0.15) is 0 Å². The van der Waals surface area contributed by atoms with Crippen molar-refractivity contribution in [2.75, 3.05) is 6.54 Å². The molecular formula is C13H16BrNO2S. The Labute approximate surface area is 121 Å². The summed E-state index contributed by atoms with van der Waals surface area (Å²) in [6.45, 7) is 0.531. The molecule has 18 heavy (non-hydrogen) atoms. The molecule has 0 aromatic heterocycles. The third-order valence-corrected chi connectivity index (χ3v) is 4.31. The normalized spacial score (nSPS) is 23.1. The van der Waals surface area contributed by atoms with Gasteiger partial charge in [-0.25, -0.2) is 0 Å². The molecule has 1 aliphatic rings. The van der Waals surface area contributed by atoms with Gasteiger partial charge >= 0.3 is 0 Å². The number of carbonyl (C=O) groups excluding carboxylic acids is 1. The van der Waals surface area contributed by atoms with Crippen molar-refractivity contribution < 1.29 is 9.90 Å². The van der Waals surface area contributed by atoms with E-state index in [2.05, 4.69) is 33.9 Å². The Kier molecular flexibility index (Phi) is 4.70. The molecule has 1 saturated carbocycles. The Balaban J connectivity index is 1.97. The highest BCUT2D eigenvalue weighted by atomic mass is 79.9. The first-order valence-corrected chi connectivity index (χ1v) is 7.26. The van der Waals surface area contributed by atoms with Crippen molar-refractivity contribution in [2.24, 2.45) is 5.92 Å². The Bertz CT molecular complexity index is 453. The number of nitrogens with one attached hydrogen (secondary N) is 1. The lowest BCUT2D eigenvalue weighted by molar-refractivity contribution is 0.0916. The van der Waals surface area contributed by atoms with Gasteiger partial charge in [-0.05, 0) is 47.0 Å². The standard InChI is InChI=1S/C13H16BrNO2S/c14-11-5-4-9(18)6-10(11)13(17)15-7-8-2-1-3-12(8)16/h4-6,8,12,16,18H,1-3,7H2,(H,15,17). The van der Waals surface area contributed by atoms with E-state index in [1.165, 1.54) is 0 Å². The minimum atomic E-state index is -0.273. The van der Waals surface area contributed by atoms with Gasteiger partial charge in [0.05, 0.1) is 11.7 Å². The summed E-state index contributed by atoms with van der Waals surface area (Å²) < 4.78 is 0.754. The lowest BCUT2D eigenvalue weighted by Gasteiger charge is -2.15. The van der Waals surface area contributed by atoms with Gasteiger partial charge in [-0.15, -0.1) is 12.6 Å². The second kappa shape index (κ2) is 6.08. The van der Waals surface area contributed by atoms with Gasteiger partial charge in [0.25, 0.3) is 5.91 Å². The molecule has 1 aliphatic carbocycles. The van der Waals surface area contributed by atoms with Crippen molar-refractivity contribution in [1.82, 2.24) is 5.32 Å². The lowest BCUT2D eigenvalue weighted by atomic mass is 10.1. The maximum Gasteiger partial charge on any atom is 0.252 e. The van der Waals surface area contributed by atoms with Gasteiger partial charge in [0, 0.05) is 21.8 Å². The molecule has 3 nitrogen and oxygen atoms in total. The van der Waals surface area contributed by atoms with Gasteiger partial charge in [0.15, 0.2) is 0 Å². The zero-order valence-corrected chi connectivity index (χ0v) is 12.4. The number of amides is 1. The molecule has 2 unspecified atom stereocenters. The first-order chi connectivity index (χ1) is 8.58. The number of carbonyl (C=O) groups is 1. The van der Waals surface area contributed by atoms with E-state index in [0.29, 0.717) is 12.1 Å². The summed E-state index contributed by atoms with van der Waals surface area (Å²) >= 11 is 7.58. The van der Waals surface area contributed by atoms with Crippen molar-refractivity contribution in [3.8, 4) is 0 Å². The van der Waals surface area contributed by atoms with E-state index < -0.39 is 0 Å². The van der Waals surface area contributed by atoms with Crippen LogP contribution in [0.3, 0.4) is 0 Å². The van der Waals surface area contributed by atoms with E-state index in [9.17, 15) is 9.90 Å². The number of hydrogen-bond acceptors (Lipinski definition) is 3. The highest BCUT2D eigenvalue weighted by molar-refractivity contribution is 9.10. The van der Waals surface area contributed by atoms with Crippen LogP contribution in [0.1, 0.15) is 29.6 Å². The molecule has 2 rings (SSSR count). The van der Waals surface area contributed by atoms with Crippen LogP contribution in [0, 0.1) is 5.92 Å². The van der Waals surface area contributed by atoms with Crippen LogP contribution >= 0.6 is 28.6 Å². The molecule has 2 N–H and O–H groups in total. The van der Waals surface area contributed by atoms with Gasteiger partial charge in [-0.3, -0.25) is 4.79 Å². The quantitative estimate of drug-likeness (QED) is 0.746. The molecule has 0 bridgehead atoms. The molecule has 0 heterocycles. The second-order valence-corrected chi connectivity index (χ2v) is 6.00. The molecule has 1 aromatic carbocycles. The summed E-state index contributed by atoms with van der Waals surface area (Å²) in [6.07, 6.45) is 2.59. The Hall–Kier alpha value is -0.520. The predicted molar refractivity (Wildman–Crippen MR) is 77.1 cm³/mol. The van der Waals surface area contributed by atoms with Crippen LogP contribution < -0.4 is 5.32 Å². The van der Waals surface area contributed by atoms with E-state index in [0.717, 1.165) is 28.6 Å². The average Bonchev–Trinajstić information content (AvgIpc) is 2.75. The third-order valence-electron chi connectivity index (χ3n) is 3.34. The van der Waals surface area contributed by atoms with Crippen LogP contribution in [-0.4, -0.2) is 23.7 Å². The summed E-state index contributed by atoms with van der Waals surface area (Å²) in [6, 6.07) is 5.36. The molecule has 0 radical (unpaired) electrons. The largest absolute Gasteiger partial charge is 0.393 e. The summed E-state index contributed by atoms with van der Waals surface area (Å²) in [5, 5.41) is 12.6. The average molecular weight is 330 g/mol. The van der Waals surface area contributed by atoms with Crippen molar-refractivity contribution in [1.29, 1.82) is 0 Å². The van der Waals surface area contributed by atoms with Crippen molar-refractivity contribution in [3.63, 3.8) is 0 Å². The third kappa shape index (κ3) is 3.28. The molecule has 5 heteroatoms. The van der Waals surface area contributed by atoms with E-state index in [4.69, 9.17) is 0 Å². The van der Waals surface area contributed by atoms with Crippen LogP contribution in [0.25, 0.3) is 0 Å². The van der Waals surface area contributed by atoms with Crippen molar-refractivity contribution in [3.05, 3.63) is 28.2 Å². The summed E-state index contributed by atoms with van der Waals surface area (Å²) in [5.74, 6) is 0.0591. The van der Waals surface area contributed by atoms with E-state index >= 15 is 0 Å². The summed E-state index contributed by atoms with van der Waals surface area (Å²) in [7, 11) is 0. The molecule has 0 spiro atoms. The molecule has 1 aromatic rings. The van der Waals surface area contributed by atoms with Gasteiger partial charge in [0.2, 0.25) is 0 Å². The van der Waals surface area contributed by atoms with Crippen LogP contribution in [0.5, 0.6) is 0 Å². The lowest BCUT2D eigenvalue weighted by Crippen LogP contribution is -2.32. The number of aliphatic hydroxyl groups excluding tert-OH is 1. The Morgan fingerprint density at radius 2 is 2.28 bits per heavy atom. The number of aliphatic hydroxyl groups is 1. The first-order valence-electron chi connectivity index (χ1n) is 6.02. The molecular weight excluding hydrogens is 314 g/mol. The number of rotatable bonds is 3. The van der Waals surface area contributed by atoms with Gasteiger partial charge in [0.1, 0.15) is 0 Å².